The molecule has 2 nitrogen and oxygen atoms in total. The van der Waals surface area contributed by atoms with Crippen molar-refractivity contribution in [1.82, 2.24) is 0 Å². The number of esters is 1. The van der Waals surface area contributed by atoms with Gasteiger partial charge in [-0.1, -0.05) is 18.9 Å². The molecule has 1 aliphatic carbocycles. The van der Waals surface area contributed by atoms with Crippen LogP contribution in [0.4, 0.5) is 0 Å². The van der Waals surface area contributed by atoms with Gasteiger partial charge in [0.15, 0.2) is 0 Å². The zero-order chi connectivity index (χ0) is 12.3. The fourth-order valence-corrected chi connectivity index (χ4v) is 2.48. The van der Waals surface area contributed by atoms with E-state index >= 15 is 0 Å². The second kappa shape index (κ2) is 5.58. The number of ether oxygens (including phenoxy) is 1. The molecule has 0 aromatic heterocycles. The quantitative estimate of drug-likeness (QED) is 0.655. The van der Waals surface area contributed by atoms with E-state index in [0.29, 0.717) is 18.1 Å². The van der Waals surface area contributed by atoms with Crippen LogP contribution >= 0.6 is 12.6 Å². The van der Waals surface area contributed by atoms with Crippen LogP contribution in [0.25, 0.3) is 0 Å². The average Bonchev–Trinajstić information content (AvgIpc) is 2.82. The van der Waals surface area contributed by atoms with Crippen LogP contribution < -0.4 is 0 Å². The lowest BCUT2D eigenvalue weighted by Crippen LogP contribution is -2.13. The second-order valence-electron chi connectivity index (χ2n) is 4.75. The van der Waals surface area contributed by atoms with Crippen LogP contribution in [-0.2, 0) is 4.74 Å². The molecule has 1 aromatic rings. The number of rotatable bonds is 3. The first-order valence-corrected chi connectivity index (χ1v) is 6.58. The smallest absolute Gasteiger partial charge is 0.338 e. The molecule has 92 valence electrons. The lowest BCUT2D eigenvalue weighted by atomic mass is 10.1. The minimum atomic E-state index is -0.217. The van der Waals surface area contributed by atoms with Crippen LogP contribution in [0.15, 0.2) is 23.1 Å². The minimum absolute atomic E-state index is 0.217. The predicted molar refractivity (Wildman–Crippen MR) is 70.7 cm³/mol. The van der Waals surface area contributed by atoms with E-state index in [9.17, 15) is 4.79 Å². The molecule has 0 bridgehead atoms. The van der Waals surface area contributed by atoms with Gasteiger partial charge in [0.25, 0.3) is 0 Å². The molecule has 0 N–H and O–H groups in total. The highest BCUT2D eigenvalue weighted by Crippen LogP contribution is 2.25. The van der Waals surface area contributed by atoms with E-state index in [2.05, 4.69) is 12.6 Å². The van der Waals surface area contributed by atoms with E-state index in [-0.39, 0.29) is 5.97 Å². The summed E-state index contributed by atoms with van der Waals surface area (Å²) < 4.78 is 5.37. The molecular weight excluding hydrogens is 232 g/mol. The van der Waals surface area contributed by atoms with Gasteiger partial charge in [-0.3, -0.25) is 0 Å². The maximum atomic E-state index is 11.9. The molecule has 0 heterocycles. The summed E-state index contributed by atoms with van der Waals surface area (Å²) in [6.07, 6.45) is 4.93. The summed E-state index contributed by atoms with van der Waals surface area (Å²) in [6.45, 7) is 2.48. The molecule has 0 atom stereocenters. The zero-order valence-electron chi connectivity index (χ0n) is 10.1. The SMILES string of the molecule is Cc1ccc(S)cc1C(=O)OCC1CCCC1. The molecule has 0 spiro atoms. The van der Waals surface area contributed by atoms with Gasteiger partial charge in [0.05, 0.1) is 12.2 Å². The van der Waals surface area contributed by atoms with Crippen molar-refractivity contribution in [2.45, 2.75) is 37.5 Å². The van der Waals surface area contributed by atoms with E-state index in [0.717, 1.165) is 10.5 Å². The number of thiol groups is 1. The molecule has 0 radical (unpaired) electrons. The van der Waals surface area contributed by atoms with Gasteiger partial charge in [0.2, 0.25) is 0 Å². The summed E-state index contributed by atoms with van der Waals surface area (Å²) in [7, 11) is 0. The molecule has 0 amide bonds. The standard InChI is InChI=1S/C14H18O2S/c1-10-6-7-12(17)8-13(10)14(15)16-9-11-4-2-3-5-11/h6-8,11,17H,2-5,9H2,1H3. The Morgan fingerprint density at radius 1 is 1.41 bits per heavy atom. The first-order chi connectivity index (χ1) is 8.16. The van der Waals surface area contributed by atoms with Gasteiger partial charge in [-0.2, -0.15) is 0 Å². The molecule has 0 saturated heterocycles. The van der Waals surface area contributed by atoms with Gasteiger partial charge in [-0.05, 0) is 43.4 Å². The van der Waals surface area contributed by atoms with Crippen molar-refractivity contribution < 1.29 is 9.53 Å². The summed E-state index contributed by atoms with van der Waals surface area (Å²) in [5.74, 6) is 0.351. The van der Waals surface area contributed by atoms with E-state index in [4.69, 9.17) is 4.74 Å². The monoisotopic (exact) mass is 250 g/mol. The molecule has 1 aromatic carbocycles. The lowest BCUT2D eigenvalue weighted by Gasteiger charge is -2.11. The van der Waals surface area contributed by atoms with Crippen LogP contribution in [-0.4, -0.2) is 12.6 Å². The summed E-state index contributed by atoms with van der Waals surface area (Å²) in [5.41, 5.74) is 1.58. The van der Waals surface area contributed by atoms with Crippen LogP contribution in [0.5, 0.6) is 0 Å². The lowest BCUT2D eigenvalue weighted by molar-refractivity contribution is 0.0441. The maximum Gasteiger partial charge on any atom is 0.338 e. The van der Waals surface area contributed by atoms with E-state index in [1.807, 2.05) is 19.1 Å². The van der Waals surface area contributed by atoms with Crippen molar-refractivity contribution in [3.63, 3.8) is 0 Å². The highest BCUT2D eigenvalue weighted by molar-refractivity contribution is 7.80. The van der Waals surface area contributed by atoms with E-state index in [1.165, 1.54) is 25.7 Å². The molecule has 3 heteroatoms. The molecule has 2 rings (SSSR count). The van der Waals surface area contributed by atoms with Crippen molar-refractivity contribution >= 4 is 18.6 Å². The van der Waals surface area contributed by atoms with Crippen LogP contribution in [0.3, 0.4) is 0 Å². The number of carbonyl (C=O) groups excluding carboxylic acids is 1. The Bertz CT molecular complexity index is 409. The van der Waals surface area contributed by atoms with Gasteiger partial charge < -0.3 is 4.74 Å². The third kappa shape index (κ3) is 3.25. The average molecular weight is 250 g/mol. The van der Waals surface area contributed by atoms with Crippen LogP contribution in [0.2, 0.25) is 0 Å². The summed E-state index contributed by atoms with van der Waals surface area (Å²) in [4.78, 5) is 12.7. The van der Waals surface area contributed by atoms with Gasteiger partial charge >= 0.3 is 5.97 Å². The Morgan fingerprint density at radius 3 is 2.82 bits per heavy atom. The normalized spacial score (nSPS) is 16.1. The first kappa shape index (κ1) is 12.5. The van der Waals surface area contributed by atoms with Crippen molar-refractivity contribution in [2.75, 3.05) is 6.61 Å². The van der Waals surface area contributed by atoms with Crippen molar-refractivity contribution in [3.8, 4) is 0 Å². The number of hydrogen-bond donors (Lipinski definition) is 1. The Morgan fingerprint density at radius 2 is 2.12 bits per heavy atom. The van der Waals surface area contributed by atoms with Crippen molar-refractivity contribution in [2.24, 2.45) is 5.92 Å². The Labute approximate surface area is 108 Å². The summed E-state index contributed by atoms with van der Waals surface area (Å²) >= 11 is 4.24. The van der Waals surface area contributed by atoms with Gasteiger partial charge in [0.1, 0.15) is 0 Å². The molecule has 1 aliphatic rings. The third-order valence-electron chi connectivity index (χ3n) is 3.37. The fraction of sp³-hybridized carbons (Fsp3) is 0.500. The highest BCUT2D eigenvalue weighted by atomic mass is 32.1. The number of aryl methyl sites for hydroxylation is 1. The molecule has 0 unspecified atom stereocenters. The molecule has 1 saturated carbocycles. The molecular formula is C14H18O2S. The van der Waals surface area contributed by atoms with Gasteiger partial charge in [-0.25, -0.2) is 4.79 Å². The Hall–Kier alpha value is -0.960. The van der Waals surface area contributed by atoms with Gasteiger partial charge in [-0.15, -0.1) is 12.6 Å². The number of benzene rings is 1. The van der Waals surface area contributed by atoms with Crippen molar-refractivity contribution in [3.05, 3.63) is 29.3 Å². The highest BCUT2D eigenvalue weighted by Gasteiger charge is 2.18. The topological polar surface area (TPSA) is 26.3 Å². The summed E-state index contributed by atoms with van der Waals surface area (Å²) in [5, 5.41) is 0. The van der Waals surface area contributed by atoms with E-state index < -0.39 is 0 Å². The first-order valence-electron chi connectivity index (χ1n) is 6.13. The fourth-order valence-electron chi connectivity index (χ4n) is 2.28. The van der Waals surface area contributed by atoms with Gasteiger partial charge in [0, 0.05) is 4.90 Å². The minimum Gasteiger partial charge on any atom is -0.462 e. The largest absolute Gasteiger partial charge is 0.462 e. The van der Waals surface area contributed by atoms with Crippen LogP contribution in [0, 0.1) is 12.8 Å². The molecule has 0 aliphatic heterocycles. The number of carbonyl (C=O) groups is 1. The molecule has 1 fully saturated rings. The summed E-state index contributed by atoms with van der Waals surface area (Å²) in [6, 6.07) is 5.55. The third-order valence-corrected chi connectivity index (χ3v) is 3.64. The number of hydrogen-bond acceptors (Lipinski definition) is 3. The van der Waals surface area contributed by atoms with Crippen LogP contribution in [0.1, 0.15) is 41.6 Å². The van der Waals surface area contributed by atoms with E-state index in [1.54, 1.807) is 6.07 Å². The second-order valence-corrected chi connectivity index (χ2v) is 5.26. The predicted octanol–water partition coefficient (Wildman–Crippen LogP) is 3.63. The zero-order valence-corrected chi connectivity index (χ0v) is 11.0. The maximum absolute atomic E-state index is 11.9. The Balaban J connectivity index is 1.96. The Kier molecular flexibility index (Phi) is 4.11. The molecule has 17 heavy (non-hydrogen) atoms. The van der Waals surface area contributed by atoms with Crippen molar-refractivity contribution in [1.29, 1.82) is 0 Å².